The summed E-state index contributed by atoms with van der Waals surface area (Å²) >= 11 is 12.4. The largest absolute Gasteiger partial charge is 0.336 e. The van der Waals surface area contributed by atoms with Gasteiger partial charge in [-0.3, -0.25) is 0 Å². The molecule has 5 nitrogen and oxygen atoms in total. The quantitative estimate of drug-likeness (QED) is 0.741. The summed E-state index contributed by atoms with van der Waals surface area (Å²) in [4.78, 5) is 6.61. The number of rotatable bonds is 3. The zero-order valence-electron chi connectivity index (χ0n) is 12.6. The maximum Gasteiger partial charge on any atom is 0.251 e. The first-order valence-corrected chi connectivity index (χ1v) is 8.24. The molecule has 0 atom stereocenters. The van der Waals surface area contributed by atoms with Crippen LogP contribution in [0.5, 0.6) is 0 Å². The first kappa shape index (κ1) is 15.2. The Bertz CT molecular complexity index is 879. The van der Waals surface area contributed by atoms with Crippen molar-refractivity contribution in [1.29, 1.82) is 0 Å². The molecule has 0 bridgehead atoms. The first-order valence-electron chi connectivity index (χ1n) is 7.48. The zero-order valence-corrected chi connectivity index (χ0v) is 14.1. The molecular weight excluding hydrogens is 345 g/mol. The van der Waals surface area contributed by atoms with Gasteiger partial charge in [0.2, 0.25) is 0 Å². The summed E-state index contributed by atoms with van der Waals surface area (Å²) in [5, 5.41) is 12.4. The van der Waals surface area contributed by atoms with Crippen LogP contribution in [0.3, 0.4) is 0 Å². The van der Waals surface area contributed by atoms with Crippen molar-refractivity contribution in [2.45, 2.75) is 6.42 Å². The lowest BCUT2D eigenvalue weighted by Crippen LogP contribution is -2.17. The molecule has 0 saturated carbocycles. The molecule has 1 aliphatic rings. The van der Waals surface area contributed by atoms with E-state index in [9.17, 15) is 0 Å². The van der Waals surface area contributed by atoms with E-state index in [0.717, 1.165) is 18.7 Å². The van der Waals surface area contributed by atoms with Gasteiger partial charge in [0.05, 0.1) is 21.9 Å². The molecule has 0 radical (unpaired) electrons. The van der Waals surface area contributed by atoms with Gasteiger partial charge in [0.15, 0.2) is 5.82 Å². The number of anilines is 4. The lowest BCUT2D eigenvalue weighted by Gasteiger charge is -2.17. The first-order chi connectivity index (χ1) is 11.7. The Morgan fingerprint density at radius 3 is 2.62 bits per heavy atom. The maximum absolute atomic E-state index is 6.19. The normalized spacial score (nSPS) is 13.0. The Balaban J connectivity index is 1.66. The number of benzene rings is 2. The molecule has 1 aromatic heterocycles. The number of nitrogens with one attached hydrogen (secondary N) is 1. The molecule has 0 unspecified atom stereocenters. The average molecular weight is 358 g/mol. The van der Waals surface area contributed by atoms with E-state index in [0.29, 0.717) is 27.5 Å². The third-order valence-electron chi connectivity index (χ3n) is 3.89. The third-order valence-corrected chi connectivity index (χ3v) is 4.52. The molecule has 120 valence electrons. The molecule has 7 heteroatoms. The van der Waals surface area contributed by atoms with Crippen molar-refractivity contribution in [3.8, 4) is 0 Å². The Labute approximate surface area is 149 Å². The van der Waals surface area contributed by atoms with Gasteiger partial charge in [0.25, 0.3) is 5.95 Å². The summed E-state index contributed by atoms with van der Waals surface area (Å²) in [5.74, 6) is 1.09. The minimum absolute atomic E-state index is 0.522. The fourth-order valence-corrected chi connectivity index (χ4v) is 3.25. The molecule has 2 aromatic carbocycles. The van der Waals surface area contributed by atoms with Crippen molar-refractivity contribution in [2.24, 2.45) is 0 Å². The highest BCUT2D eigenvalue weighted by molar-refractivity contribution is 6.39. The number of para-hydroxylation sites is 2. The van der Waals surface area contributed by atoms with Crippen LogP contribution in [0.1, 0.15) is 5.56 Å². The number of hydrogen-bond donors (Lipinski definition) is 1. The van der Waals surface area contributed by atoms with E-state index in [4.69, 9.17) is 23.2 Å². The van der Waals surface area contributed by atoms with Gasteiger partial charge in [0.1, 0.15) is 0 Å². The maximum atomic E-state index is 6.19. The van der Waals surface area contributed by atoms with Crippen LogP contribution in [0.25, 0.3) is 0 Å². The van der Waals surface area contributed by atoms with Gasteiger partial charge in [-0.25, -0.2) is 0 Å². The molecule has 1 N–H and O–H groups in total. The van der Waals surface area contributed by atoms with Gasteiger partial charge in [-0.1, -0.05) is 47.5 Å². The Morgan fingerprint density at radius 1 is 1.00 bits per heavy atom. The van der Waals surface area contributed by atoms with Crippen LogP contribution in [-0.2, 0) is 6.42 Å². The Hall–Kier alpha value is -2.37. The summed E-state index contributed by atoms with van der Waals surface area (Å²) in [6.07, 6.45) is 2.51. The summed E-state index contributed by atoms with van der Waals surface area (Å²) in [5.41, 5.74) is 3.01. The van der Waals surface area contributed by atoms with E-state index in [1.54, 1.807) is 24.4 Å². The highest BCUT2D eigenvalue weighted by atomic mass is 35.5. The van der Waals surface area contributed by atoms with Gasteiger partial charge >= 0.3 is 0 Å². The van der Waals surface area contributed by atoms with Crippen molar-refractivity contribution < 1.29 is 0 Å². The van der Waals surface area contributed by atoms with Gasteiger partial charge in [-0.2, -0.15) is 10.1 Å². The van der Waals surface area contributed by atoms with Crippen molar-refractivity contribution in [3.63, 3.8) is 0 Å². The lowest BCUT2D eigenvalue weighted by molar-refractivity contribution is 0.887. The highest BCUT2D eigenvalue weighted by Crippen LogP contribution is 2.34. The molecule has 0 amide bonds. The minimum atomic E-state index is 0.522. The van der Waals surface area contributed by atoms with Crippen molar-refractivity contribution in [1.82, 2.24) is 15.2 Å². The number of nitrogens with zero attached hydrogens (tertiary/aromatic N) is 4. The van der Waals surface area contributed by atoms with Crippen molar-refractivity contribution >= 4 is 46.3 Å². The zero-order chi connectivity index (χ0) is 16.5. The topological polar surface area (TPSA) is 53.9 Å². The second-order valence-electron chi connectivity index (χ2n) is 5.39. The molecule has 0 fully saturated rings. The molecule has 0 spiro atoms. The van der Waals surface area contributed by atoms with Crippen LogP contribution >= 0.6 is 23.2 Å². The van der Waals surface area contributed by atoms with Gasteiger partial charge < -0.3 is 10.2 Å². The Kier molecular flexibility index (Phi) is 3.96. The van der Waals surface area contributed by atoms with Crippen LogP contribution in [-0.4, -0.2) is 21.7 Å². The van der Waals surface area contributed by atoms with E-state index in [2.05, 4.69) is 37.5 Å². The number of aromatic nitrogens is 3. The van der Waals surface area contributed by atoms with E-state index < -0.39 is 0 Å². The lowest BCUT2D eigenvalue weighted by atomic mass is 10.2. The predicted octanol–water partition coefficient (Wildman–Crippen LogP) is 4.62. The van der Waals surface area contributed by atoms with E-state index in [1.807, 2.05) is 12.1 Å². The minimum Gasteiger partial charge on any atom is -0.336 e. The predicted molar refractivity (Wildman–Crippen MR) is 96.7 cm³/mol. The molecule has 24 heavy (non-hydrogen) atoms. The van der Waals surface area contributed by atoms with Crippen molar-refractivity contribution in [2.75, 3.05) is 16.8 Å². The van der Waals surface area contributed by atoms with Crippen LogP contribution in [0, 0.1) is 0 Å². The molecule has 2 heterocycles. The molecule has 4 rings (SSSR count). The summed E-state index contributed by atoms with van der Waals surface area (Å²) in [7, 11) is 0. The second-order valence-corrected chi connectivity index (χ2v) is 6.21. The van der Waals surface area contributed by atoms with E-state index >= 15 is 0 Å². The SMILES string of the molecule is Clc1cccc(Cl)c1Nc1cnnc(N2CCc3ccccc32)n1. The summed E-state index contributed by atoms with van der Waals surface area (Å²) in [6.45, 7) is 0.831. The van der Waals surface area contributed by atoms with Crippen LogP contribution in [0.15, 0.2) is 48.7 Å². The van der Waals surface area contributed by atoms with Gasteiger partial charge in [0, 0.05) is 12.2 Å². The van der Waals surface area contributed by atoms with Crippen molar-refractivity contribution in [3.05, 3.63) is 64.3 Å². The third kappa shape index (κ3) is 2.77. The molecule has 3 aromatic rings. The van der Waals surface area contributed by atoms with E-state index in [-0.39, 0.29) is 0 Å². The average Bonchev–Trinajstić information content (AvgIpc) is 3.03. The standard InChI is InChI=1S/C17H13Cl2N5/c18-12-5-3-6-13(19)16(12)21-15-10-20-23-17(22-15)24-9-8-11-4-1-2-7-14(11)24/h1-7,10H,8-9H2,(H,21,22,23). The summed E-state index contributed by atoms with van der Waals surface area (Å²) < 4.78 is 0. The monoisotopic (exact) mass is 357 g/mol. The highest BCUT2D eigenvalue weighted by Gasteiger charge is 2.22. The second kappa shape index (κ2) is 6.26. The summed E-state index contributed by atoms with van der Waals surface area (Å²) in [6, 6.07) is 13.6. The van der Waals surface area contributed by atoms with E-state index in [1.165, 1.54) is 5.56 Å². The van der Waals surface area contributed by atoms with Gasteiger partial charge in [-0.05, 0) is 30.2 Å². The number of fused-ring (bicyclic) bond motifs is 1. The molecule has 1 aliphatic heterocycles. The van der Waals surface area contributed by atoms with Crippen LogP contribution in [0.4, 0.5) is 23.1 Å². The molecule has 0 saturated heterocycles. The number of halogens is 2. The fraction of sp³-hybridized carbons (Fsp3) is 0.118. The van der Waals surface area contributed by atoms with Crippen LogP contribution in [0.2, 0.25) is 10.0 Å². The van der Waals surface area contributed by atoms with Gasteiger partial charge in [-0.15, -0.1) is 5.10 Å². The Morgan fingerprint density at radius 2 is 1.79 bits per heavy atom. The fourth-order valence-electron chi connectivity index (χ4n) is 2.76. The molecule has 0 aliphatic carbocycles. The van der Waals surface area contributed by atoms with Crippen LogP contribution < -0.4 is 10.2 Å². The number of hydrogen-bond acceptors (Lipinski definition) is 5. The molecular formula is C17H13Cl2N5. The smallest absolute Gasteiger partial charge is 0.251 e.